The average Bonchev–Trinajstić information content (AvgIpc) is 2.85. The van der Waals surface area contributed by atoms with Crippen LogP contribution < -0.4 is 10.6 Å². The van der Waals surface area contributed by atoms with Gasteiger partial charge in [0, 0.05) is 18.2 Å². The van der Waals surface area contributed by atoms with E-state index in [-0.39, 0.29) is 10.6 Å². The molecular weight excluding hydrogens is 278 g/mol. The van der Waals surface area contributed by atoms with Crippen molar-refractivity contribution in [2.75, 3.05) is 11.4 Å². The van der Waals surface area contributed by atoms with Gasteiger partial charge >= 0.3 is 0 Å². The first-order chi connectivity index (χ1) is 9.59. The smallest absolute Gasteiger partial charge is 0.182 e. The summed E-state index contributed by atoms with van der Waals surface area (Å²) in [5.41, 5.74) is 5.75. The van der Waals surface area contributed by atoms with Crippen LogP contribution in [-0.4, -0.2) is 17.6 Å². The molecule has 0 radical (unpaired) electrons. The Morgan fingerprint density at radius 1 is 1.15 bits per heavy atom. The zero-order chi connectivity index (χ0) is 14.3. The molecule has 2 unspecified atom stereocenters. The lowest BCUT2D eigenvalue weighted by atomic mass is 9.85. The van der Waals surface area contributed by atoms with Crippen molar-refractivity contribution in [3.63, 3.8) is 0 Å². The third kappa shape index (κ3) is 2.18. The van der Waals surface area contributed by atoms with Crippen molar-refractivity contribution in [3.05, 3.63) is 29.3 Å². The van der Waals surface area contributed by atoms with Crippen LogP contribution in [0, 0.1) is 17.6 Å². The predicted octanol–water partition coefficient (Wildman–Crippen LogP) is 3.37. The second-order valence-electron chi connectivity index (χ2n) is 5.72. The Hall–Kier alpha value is -1.23. The molecule has 1 saturated heterocycles. The van der Waals surface area contributed by atoms with Gasteiger partial charge in [-0.05, 0) is 37.3 Å². The fourth-order valence-electron chi connectivity index (χ4n) is 3.66. The van der Waals surface area contributed by atoms with Crippen molar-refractivity contribution in [1.29, 1.82) is 0 Å². The van der Waals surface area contributed by atoms with E-state index in [0.29, 0.717) is 17.6 Å². The monoisotopic (exact) mass is 296 g/mol. The molecule has 0 spiro atoms. The Labute approximate surface area is 122 Å². The average molecular weight is 296 g/mol. The molecule has 2 atom stereocenters. The van der Waals surface area contributed by atoms with Crippen molar-refractivity contribution in [1.82, 2.24) is 0 Å². The van der Waals surface area contributed by atoms with Gasteiger partial charge in [0.05, 0.1) is 5.69 Å². The van der Waals surface area contributed by atoms with E-state index in [1.54, 1.807) is 6.07 Å². The zero-order valence-corrected chi connectivity index (χ0v) is 12.1. The Morgan fingerprint density at radius 2 is 1.90 bits per heavy atom. The predicted molar refractivity (Wildman–Crippen MR) is 80.0 cm³/mol. The SMILES string of the molecule is NC(=S)c1ccc(N2CCC3CCCCC32)c(F)c1F. The summed E-state index contributed by atoms with van der Waals surface area (Å²) in [4.78, 5) is 1.93. The van der Waals surface area contributed by atoms with Gasteiger partial charge in [-0.2, -0.15) is 0 Å². The van der Waals surface area contributed by atoms with E-state index in [1.807, 2.05) is 4.90 Å². The second kappa shape index (κ2) is 5.28. The van der Waals surface area contributed by atoms with Crippen LogP contribution in [0.3, 0.4) is 0 Å². The fourth-order valence-corrected chi connectivity index (χ4v) is 3.81. The lowest BCUT2D eigenvalue weighted by Gasteiger charge is -2.33. The first kappa shape index (κ1) is 13.7. The largest absolute Gasteiger partial charge is 0.389 e. The summed E-state index contributed by atoms with van der Waals surface area (Å²) in [5, 5.41) is 0. The number of fused-ring (bicyclic) bond motifs is 1. The standard InChI is InChI=1S/C15H18F2N2S/c16-13-10(15(18)20)5-6-12(14(13)17)19-8-7-9-3-1-2-4-11(9)19/h5-6,9,11H,1-4,7-8H2,(H2,18,20). The molecule has 0 amide bonds. The summed E-state index contributed by atoms with van der Waals surface area (Å²) >= 11 is 4.74. The van der Waals surface area contributed by atoms with Crippen LogP contribution in [-0.2, 0) is 0 Å². The highest BCUT2D eigenvalue weighted by atomic mass is 32.1. The Morgan fingerprint density at radius 3 is 2.65 bits per heavy atom. The minimum Gasteiger partial charge on any atom is -0.389 e. The van der Waals surface area contributed by atoms with Crippen LogP contribution >= 0.6 is 12.2 Å². The Bertz CT molecular complexity index is 547. The number of nitrogens with zero attached hydrogens (tertiary/aromatic N) is 1. The Kier molecular flexibility index (Phi) is 3.63. The minimum absolute atomic E-state index is 0.0133. The molecule has 2 fully saturated rings. The van der Waals surface area contributed by atoms with Crippen LogP contribution in [0.15, 0.2) is 12.1 Å². The summed E-state index contributed by atoms with van der Waals surface area (Å²) in [6.45, 7) is 0.804. The third-order valence-electron chi connectivity index (χ3n) is 4.65. The van der Waals surface area contributed by atoms with Crippen LogP contribution in [0.1, 0.15) is 37.7 Å². The molecule has 1 heterocycles. The van der Waals surface area contributed by atoms with Gasteiger partial charge in [-0.25, -0.2) is 8.78 Å². The molecule has 1 aromatic carbocycles. The summed E-state index contributed by atoms with van der Waals surface area (Å²) in [5.74, 6) is -1.11. The van der Waals surface area contributed by atoms with Crippen LogP contribution in [0.2, 0.25) is 0 Å². The second-order valence-corrected chi connectivity index (χ2v) is 6.16. The van der Waals surface area contributed by atoms with Crippen LogP contribution in [0.25, 0.3) is 0 Å². The van der Waals surface area contributed by atoms with Crippen molar-refractivity contribution < 1.29 is 8.78 Å². The third-order valence-corrected chi connectivity index (χ3v) is 4.87. The molecule has 1 saturated carbocycles. The van der Waals surface area contributed by atoms with Crippen molar-refractivity contribution in [2.24, 2.45) is 11.7 Å². The minimum atomic E-state index is -0.922. The Balaban J connectivity index is 1.95. The molecule has 2 nitrogen and oxygen atoms in total. The lowest BCUT2D eigenvalue weighted by Crippen LogP contribution is -2.35. The molecule has 2 N–H and O–H groups in total. The quantitative estimate of drug-likeness (QED) is 0.849. The van der Waals surface area contributed by atoms with Gasteiger partial charge in [-0.3, -0.25) is 0 Å². The van der Waals surface area contributed by atoms with E-state index in [0.717, 1.165) is 19.4 Å². The zero-order valence-electron chi connectivity index (χ0n) is 11.2. The normalized spacial score (nSPS) is 25.6. The number of nitrogens with two attached hydrogens (primary N) is 1. The maximum atomic E-state index is 14.3. The highest BCUT2D eigenvalue weighted by Gasteiger charge is 2.37. The molecule has 20 heavy (non-hydrogen) atoms. The molecule has 3 rings (SSSR count). The maximum absolute atomic E-state index is 14.3. The van der Waals surface area contributed by atoms with Gasteiger partial charge in [0.2, 0.25) is 0 Å². The molecule has 108 valence electrons. The number of thiocarbonyl (C=S) groups is 1. The fraction of sp³-hybridized carbons (Fsp3) is 0.533. The first-order valence-electron chi connectivity index (χ1n) is 7.14. The van der Waals surface area contributed by atoms with Gasteiger partial charge in [-0.1, -0.05) is 25.1 Å². The van der Waals surface area contributed by atoms with Gasteiger partial charge in [0.1, 0.15) is 4.99 Å². The van der Waals surface area contributed by atoms with E-state index in [1.165, 1.54) is 25.3 Å². The van der Waals surface area contributed by atoms with Crippen molar-refractivity contribution >= 4 is 22.9 Å². The van der Waals surface area contributed by atoms with Gasteiger partial charge in [0.25, 0.3) is 0 Å². The van der Waals surface area contributed by atoms with Gasteiger partial charge in [0.15, 0.2) is 11.6 Å². The van der Waals surface area contributed by atoms with Crippen LogP contribution in [0.5, 0.6) is 0 Å². The molecule has 5 heteroatoms. The summed E-state index contributed by atoms with van der Waals surface area (Å²) in [7, 11) is 0. The van der Waals surface area contributed by atoms with Crippen LogP contribution in [0.4, 0.5) is 14.5 Å². The molecular formula is C15H18F2N2S. The summed E-state index contributed by atoms with van der Waals surface area (Å²) in [6, 6.07) is 3.46. The van der Waals surface area contributed by atoms with E-state index in [9.17, 15) is 8.78 Å². The molecule has 1 aliphatic carbocycles. The number of halogens is 2. The highest BCUT2D eigenvalue weighted by Crippen LogP contribution is 2.40. The van der Waals surface area contributed by atoms with Gasteiger partial charge in [-0.15, -0.1) is 0 Å². The van der Waals surface area contributed by atoms with Crippen molar-refractivity contribution in [3.8, 4) is 0 Å². The molecule has 0 aromatic heterocycles. The van der Waals surface area contributed by atoms with E-state index < -0.39 is 11.6 Å². The number of rotatable bonds is 2. The van der Waals surface area contributed by atoms with Gasteiger partial charge < -0.3 is 10.6 Å². The van der Waals surface area contributed by atoms with Crippen molar-refractivity contribution in [2.45, 2.75) is 38.1 Å². The van der Waals surface area contributed by atoms with E-state index >= 15 is 0 Å². The highest BCUT2D eigenvalue weighted by molar-refractivity contribution is 7.80. The lowest BCUT2D eigenvalue weighted by molar-refractivity contribution is 0.340. The number of anilines is 1. The maximum Gasteiger partial charge on any atom is 0.182 e. The molecule has 2 aliphatic rings. The topological polar surface area (TPSA) is 29.3 Å². The molecule has 0 bridgehead atoms. The number of hydrogen-bond donors (Lipinski definition) is 1. The summed E-state index contributed by atoms with van der Waals surface area (Å²) in [6.07, 6.45) is 5.78. The molecule has 1 aliphatic heterocycles. The van der Waals surface area contributed by atoms with E-state index in [4.69, 9.17) is 18.0 Å². The van der Waals surface area contributed by atoms with E-state index in [2.05, 4.69) is 0 Å². The number of hydrogen-bond acceptors (Lipinski definition) is 2. The molecule has 1 aromatic rings. The summed E-state index contributed by atoms with van der Waals surface area (Å²) < 4.78 is 28.3. The number of benzene rings is 1. The first-order valence-corrected chi connectivity index (χ1v) is 7.55.